The maximum atomic E-state index is 11.0. The van der Waals surface area contributed by atoms with Gasteiger partial charge in [0.2, 0.25) is 0 Å². The highest BCUT2D eigenvalue weighted by Gasteiger charge is 2.12. The molecule has 1 atom stereocenters. The van der Waals surface area contributed by atoms with Crippen molar-refractivity contribution < 1.29 is 9.53 Å². The number of hydrogen-bond acceptors (Lipinski definition) is 6. The number of methoxy groups -OCH3 is 1. The average Bonchev–Trinajstić information content (AvgIpc) is 2.35. The van der Waals surface area contributed by atoms with E-state index in [1.807, 2.05) is 0 Å². The summed E-state index contributed by atoms with van der Waals surface area (Å²) in [5, 5.41) is 0.381. The van der Waals surface area contributed by atoms with E-state index in [1.54, 1.807) is 18.0 Å². The standard InChI is InChI=1S/C10H14ClN3O2S/c1-16-10(15)8(12)2-3-17-6-7-4-14-9(11)5-13-7/h4-5,8H,2-3,6,12H2,1H3. The van der Waals surface area contributed by atoms with Crippen LogP contribution in [0, 0.1) is 0 Å². The fraction of sp³-hybridized carbons (Fsp3) is 0.500. The highest BCUT2D eigenvalue weighted by molar-refractivity contribution is 7.98. The van der Waals surface area contributed by atoms with Crippen molar-refractivity contribution in [3.8, 4) is 0 Å². The van der Waals surface area contributed by atoms with Gasteiger partial charge in [-0.2, -0.15) is 11.8 Å². The minimum Gasteiger partial charge on any atom is -0.468 e. The molecule has 0 fully saturated rings. The number of nitrogens with two attached hydrogens (primary N) is 1. The summed E-state index contributed by atoms with van der Waals surface area (Å²) in [6, 6.07) is -0.552. The Morgan fingerprint density at radius 1 is 1.59 bits per heavy atom. The lowest BCUT2D eigenvalue weighted by Crippen LogP contribution is -2.31. The summed E-state index contributed by atoms with van der Waals surface area (Å²) in [7, 11) is 1.33. The van der Waals surface area contributed by atoms with Crippen LogP contribution >= 0.6 is 23.4 Å². The van der Waals surface area contributed by atoms with Crippen LogP contribution in [0.15, 0.2) is 12.4 Å². The fourth-order valence-corrected chi connectivity index (χ4v) is 2.09. The van der Waals surface area contributed by atoms with Crippen molar-refractivity contribution in [3.63, 3.8) is 0 Å². The number of aromatic nitrogens is 2. The highest BCUT2D eigenvalue weighted by Crippen LogP contribution is 2.12. The Morgan fingerprint density at radius 3 is 2.94 bits per heavy atom. The van der Waals surface area contributed by atoms with Crippen molar-refractivity contribution in [2.24, 2.45) is 5.73 Å². The first kappa shape index (κ1) is 14.2. The normalized spacial score (nSPS) is 12.2. The Bertz CT molecular complexity index is 361. The molecule has 0 aliphatic rings. The third-order valence-corrected chi connectivity index (χ3v) is 3.22. The van der Waals surface area contributed by atoms with Gasteiger partial charge >= 0.3 is 5.97 Å². The number of carbonyl (C=O) groups is 1. The van der Waals surface area contributed by atoms with E-state index in [-0.39, 0.29) is 5.97 Å². The Morgan fingerprint density at radius 2 is 2.35 bits per heavy atom. The molecule has 0 spiro atoms. The number of thioether (sulfide) groups is 1. The number of rotatable bonds is 6. The maximum absolute atomic E-state index is 11.0. The maximum Gasteiger partial charge on any atom is 0.322 e. The van der Waals surface area contributed by atoms with Crippen LogP contribution in [0.2, 0.25) is 5.15 Å². The molecule has 0 radical (unpaired) electrons. The summed E-state index contributed by atoms with van der Waals surface area (Å²) >= 11 is 7.25. The van der Waals surface area contributed by atoms with Gasteiger partial charge in [-0.3, -0.25) is 9.78 Å². The average molecular weight is 276 g/mol. The molecular weight excluding hydrogens is 262 g/mol. The van der Waals surface area contributed by atoms with Crippen molar-refractivity contribution in [3.05, 3.63) is 23.2 Å². The summed E-state index contributed by atoms with van der Waals surface area (Å²) in [4.78, 5) is 19.1. The predicted octanol–water partition coefficient (Wildman–Crippen LogP) is 1.25. The zero-order valence-corrected chi connectivity index (χ0v) is 11.0. The zero-order chi connectivity index (χ0) is 12.7. The second-order valence-corrected chi connectivity index (χ2v) is 4.79. The van der Waals surface area contributed by atoms with Crippen LogP contribution in [0.3, 0.4) is 0 Å². The van der Waals surface area contributed by atoms with Gasteiger partial charge in [0.1, 0.15) is 11.2 Å². The first-order valence-electron chi connectivity index (χ1n) is 5.01. The second kappa shape index (κ2) is 7.47. The fourth-order valence-electron chi connectivity index (χ4n) is 1.07. The van der Waals surface area contributed by atoms with E-state index in [4.69, 9.17) is 17.3 Å². The molecule has 1 unspecified atom stereocenters. The molecule has 0 saturated carbocycles. The first-order valence-corrected chi connectivity index (χ1v) is 6.54. The molecule has 1 heterocycles. The molecule has 7 heteroatoms. The molecule has 94 valence electrons. The van der Waals surface area contributed by atoms with Gasteiger partial charge in [0.05, 0.1) is 25.2 Å². The Kier molecular flexibility index (Phi) is 6.25. The summed E-state index contributed by atoms with van der Waals surface area (Å²) < 4.78 is 4.53. The zero-order valence-electron chi connectivity index (χ0n) is 9.43. The molecule has 0 amide bonds. The number of hydrogen-bond donors (Lipinski definition) is 1. The molecule has 1 rings (SSSR count). The molecule has 2 N–H and O–H groups in total. The van der Waals surface area contributed by atoms with Gasteiger partial charge in [0.25, 0.3) is 0 Å². The number of ether oxygens (including phenoxy) is 1. The van der Waals surface area contributed by atoms with E-state index in [1.165, 1.54) is 13.3 Å². The number of esters is 1. The topological polar surface area (TPSA) is 78.1 Å². The molecule has 5 nitrogen and oxygen atoms in total. The SMILES string of the molecule is COC(=O)C(N)CCSCc1cnc(Cl)cn1. The molecule has 0 aliphatic carbocycles. The van der Waals surface area contributed by atoms with Gasteiger partial charge in [-0.25, -0.2) is 4.98 Å². The van der Waals surface area contributed by atoms with E-state index in [0.717, 1.165) is 17.2 Å². The lowest BCUT2D eigenvalue weighted by Gasteiger charge is -2.08. The summed E-state index contributed by atoms with van der Waals surface area (Å²) in [5.74, 6) is 1.11. The van der Waals surface area contributed by atoms with Crippen molar-refractivity contribution in [1.29, 1.82) is 0 Å². The van der Waals surface area contributed by atoms with Crippen LogP contribution in [0.25, 0.3) is 0 Å². The second-order valence-electron chi connectivity index (χ2n) is 3.30. The van der Waals surface area contributed by atoms with Crippen LogP contribution in [-0.4, -0.2) is 34.8 Å². The van der Waals surface area contributed by atoms with Crippen molar-refractivity contribution in [2.45, 2.75) is 18.2 Å². The van der Waals surface area contributed by atoms with Crippen molar-refractivity contribution in [1.82, 2.24) is 9.97 Å². The lowest BCUT2D eigenvalue weighted by atomic mass is 10.2. The van der Waals surface area contributed by atoms with E-state index >= 15 is 0 Å². The van der Waals surface area contributed by atoms with Crippen molar-refractivity contribution in [2.75, 3.05) is 12.9 Å². The molecule has 17 heavy (non-hydrogen) atoms. The quantitative estimate of drug-likeness (QED) is 0.622. The number of carbonyl (C=O) groups excluding carboxylic acids is 1. The van der Waals surface area contributed by atoms with Gasteiger partial charge in [-0.1, -0.05) is 11.6 Å². The van der Waals surface area contributed by atoms with Gasteiger partial charge in [-0.05, 0) is 12.2 Å². The molecule has 1 aromatic heterocycles. The molecule has 1 aromatic rings. The van der Waals surface area contributed by atoms with E-state index in [9.17, 15) is 4.79 Å². The van der Waals surface area contributed by atoms with Crippen LogP contribution in [0.1, 0.15) is 12.1 Å². The smallest absolute Gasteiger partial charge is 0.322 e. The van der Waals surface area contributed by atoms with Crippen LogP contribution < -0.4 is 5.73 Å². The summed E-state index contributed by atoms with van der Waals surface area (Å²) in [6.07, 6.45) is 3.73. The van der Waals surface area contributed by atoms with Gasteiger partial charge in [0.15, 0.2) is 0 Å². The third kappa shape index (κ3) is 5.34. The number of nitrogens with zero attached hydrogens (tertiary/aromatic N) is 2. The highest BCUT2D eigenvalue weighted by atomic mass is 35.5. The summed E-state index contributed by atoms with van der Waals surface area (Å²) in [5.41, 5.74) is 6.45. The summed E-state index contributed by atoms with van der Waals surface area (Å²) in [6.45, 7) is 0. The molecule has 0 aliphatic heterocycles. The molecular formula is C10H14ClN3O2S. The van der Waals surface area contributed by atoms with E-state index < -0.39 is 6.04 Å². The predicted molar refractivity (Wildman–Crippen MR) is 67.8 cm³/mol. The molecule has 0 bridgehead atoms. The molecule has 0 aromatic carbocycles. The lowest BCUT2D eigenvalue weighted by molar-refractivity contribution is -0.142. The van der Waals surface area contributed by atoms with Crippen LogP contribution in [-0.2, 0) is 15.3 Å². The van der Waals surface area contributed by atoms with Crippen molar-refractivity contribution >= 4 is 29.3 Å². The first-order chi connectivity index (χ1) is 8.13. The van der Waals surface area contributed by atoms with Gasteiger partial charge in [-0.15, -0.1) is 0 Å². The van der Waals surface area contributed by atoms with Gasteiger partial charge in [0, 0.05) is 5.75 Å². The Hall–Kier alpha value is -0.850. The largest absolute Gasteiger partial charge is 0.468 e. The number of halogens is 1. The minimum absolute atomic E-state index is 0.378. The minimum atomic E-state index is -0.552. The van der Waals surface area contributed by atoms with E-state index in [0.29, 0.717) is 11.6 Å². The van der Waals surface area contributed by atoms with Crippen LogP contribution in [0.4, 0.5) is 0 Å². The molecule has 0 saturated heterocycles. The third-order valence-electron chi connectivity index (χ3n) is 2.00. The van der Waals surface area contributed by atoms with Gasteiger partial charge < -0.3 is 10.5 Å². The Labute approximate surface area is 109 Å². The van der Waals surface area contributed by atoms with Crippen LogP contribution in [0.5, 0.6) is 0 Å². The van der Waals surface area contributed by atoms with E-state index in [2.05, 4.69) is 14.7 Å². The monoisotopic (exact) mass is 275 g/mol. The Balaban J connectivity index is 2.20.